The van der Waals surface area contributed by atoms with Gasteiger partial charge in [0.15, 0.2) is 5.13 Å². The zero-order chi connectivity index (χ0) is 19.6. The molecule has 3 N–H and O–H groups in total. The van der Waals surface area contributed by atoms with E-state index in [1.54, 1.807) is 30.6 Å². The number of ether oxygens (including phenoxy) is 2. The van der Waals surface area contributed by atoms with Gasteiger partial charge in [0, 0.05) is 57.5 Å². The van der Waals surface area contributed by atoms with Gasteiger partial charge in [0.05, 0.1) is 5.69 Å². The summed E-state index contributed by atoms with van der Waals surface area (Å²) in [6.45, 7) is 2.30. The molecule has 0 saturated carbocycles. The molecule has 0 spiro atoms. The molecule has 0 aliphatic carbocycles. The molecule has 0 fully saturated rings. The maximum absolute atomic E-state index is 12.6. The highest BCUT2D eigenvalue weighted by Crippen LogP contribution is 2.33. The number of hydrogen-bond donors (Lipinski definition) is 3. The first-order valence-electron chi connectivity index (χ1n) is 8.56. The molecule has 0 atom stereocenters. The Morgan fingerprint density at radius 1 is 1.19 bits per heavy atom. The van der Waals surface area contributed by atoms with E-state index in [0.29, 0.717) is 42.7 Å². The van der Waals surface area contributed by atoms with Crippen molar-refractivity contribution in [1.29, 1.82) is 0 Å². The normalized spacial score (nSPS) is 10.7. The van der Waals surface area contributed by atoms with E-state index >= 15 is 0 Å². The van der Waals surface area contributed by atoms with Crippen LogP contribution in [0, 0.1) is 0 Å². The van der Waals surface area contributed by atoms with Crippen molar-refractivity contribution in [3.63, 3.8) is 0 Å². The molecular weight excluding hydrogens is 370 g/mol. The highest BCUT2D eigenvalue weighted by atomic mass is 32.1. The third-order valence-electron chi connectivity index (χ3n) is 3.82. The average Bonchev–Trinajstić information content (AvgIpc) is 3.08. The van der Waals surface area contributed by atoms with Crippen LogP contribution in [-0.4, -0.2) is 66.7 Å². The van der Waals surface area contributed by atoms with Crippen LogP contribution in [0.5, 0.6) is 11.5 Å². The van der Waals surface area contributed by atoms with E-state index in [0.717, 1.165) is 12.8 Å². The zero-order valence-corrected chi connectivity index (χ0v) is 16.3. The molecule has 1 heterocycles. The van der Waals surface area contributed by atoms with Gasteiger partial charge in [0.2, 0.25) is 0 Å². The highest BCUT2D eigenvalue weighted by Gasteiger charge is 2.16. The number of hydrogen-bond acceptors (Lipinski definition) is 7. The molecule has 8 nitrogen and oxygen atoms in total. The fourth-order valence-corrected chi connectivity index (χ4v) is 3.18. The molecular formula is C18H25N3O5S. The summed E-state index contributed by atoms with van der Waals surface area (Å²) >= 11 is 1.27. The Morgan fingerprint density at radius 2 is 1.85 bits per heavy atom. The number of anilines is 1. The number of methoxy groups -OCH3 is 2. The molecule has 2 rings (SSSR count). The van der Waals surface area contributed by atoms with E-state index in [1.165, 1.54) is 23.5 Å². The molecule has 9 heteroatoms. The summed E-state index contributed by atoms with van der Waals surface area (Å²) in [5.74, 6) is -0.0956. The smallest absolute Gasteiger partial charge is 0.323 e. The van der Waals surface area contributed by atoms with Crippen molar-refractivity contribution in [2.24, 2.45) is 0 Å². The molecule has 148 valence electrons. The number of carbonyl (C=O) groups is 1. The van der Waals surface area contributed by atoms with Crippen LogP contribution in [0.15, 0.2) is 23.6 Å². The summed E-state index contributed by atoms with van der Waals surface area (Å²) in [7, 11) is 3.26. The maximum Gasteiger partial charge on any atom is 0.323 e. The fraction of sp³-hybridized carbons (Fsp3) is 0.444. The first-order chi connectivity index (χ1) is 13.0. The van der Waals surface area contributed by atoms with Gasteiger partial charge in [-0.2, -0.15) is 0 Å². The third-order valence-corrected chi connectivity index (χ3v) is 4.57. The van der Waals surface area contributed by atoms with Crippen LogP contribution in [0.25, 0.3) is 11.3 Å². The van der Waals surface area contributed by atoms with E-state index < -0.39 is 0 Å². The summed E-state index contributed by atoms with van der Waals surface area (Å²) in [5, 5.41) is 24.3. The number of aromatic hydroxyl groups is 2. The molecule has 0 radical (unpaired) electrons. The Labute approximate surface area is 162 Å². The van der Waals surface area contributed by atoms with Crippen LogP contribution < -0.4 is 5.32 Å². The Hall–Kier alpha value is -2.36. The number of benzene rings is 1. The molecule has 27 heavy (non-hydrogen) atoms. The first kappa shape index (κ1) is 20.9. The largest absolute Gasteiger partial charge is 0.508 e. The number of thiazole rings is 1. The van der Waals surface area contributed by atoms with Crippen LogP contribution in [0.4, 0.5) is 9.93 Å². The van der Waals surface area contributed by atoms with Crippen molar-refractivity contribution in [3.05, 3.63) is 23.6 Å². The van der Waals surface area contributed by atoms with Crippen molar-refractivity contribution in [2.45, 2.75) is 12.8 Å². The summed E-state index contributed by atoms with van der Waals surface area (Å²) in [4.78, 5) is 18.6. The van der Waals surface area contributed by atoms with Gasteiger partial charge in [-0.05, 0) is 25.0 Å². The van der Waals surface area contributed by atoms with Crippen LogP contribution >= 0.6 is 11.3 Å². The molecule has 2 amide bonds. The van der Waals surface area contributed by atoms with Crippen molar-refractivity contribution >= 4 is 22.5 Å². The maximum atomic E-state index is 12.6. The standard InChI is InChI=1S/C18H25N3O5S/c1-25-9-3-7-21(8-4-10-26-2)18(24)20-17-19-15(12-27-17)14-6-5-13(22)11-16(14)23/h5-6,11-12,22-23H,3-4,7-10H2,1-2H3,(H,19,20,24). The summed E-state index contributed by atoms with van der Waals surface area (Å²) in [6, 6.07) is 4.06. The average molecular weight is 395 g/mol. The summed E-state index contributed by atoms with van der Waals surface area (Å²) < 4.78 is 10.1. The van der Waals surface area contributed by atoms with Crippen molar-refractivity contribution in [1.82, 2.24) is 9.88 Å². The lowest BCUT2D eigenvalue weighted by Gasteiger charge is -2.22. The number of aromatic nitrogens is 1. The van der Waals surface area contributed by atoms with Gasteiger partial charge in [0.25, 0.3) is 0 Å². The lowest BCUT2D eigenvalue weighted by molar-refractivity contribution is 0.159. The summed E-state index contributed by atoms with van der Waals surface area (Å²) in [6.07, 6.45) is 1.48. The third kappa shape index (κ3) is 6.38. The fourth-order valence-electron chi connectivity index (χ4n) is 2.48. The lowest BCUT2D eigenvalue weighted by Crippen LogP contribution is -2.37. The SMILES string of the molecule is COCCCN(CCCOC)C(=O)Nc1nc(-c2ccc(O)cc2O)cs1. The van der Waals surface area contributed by atoms with Gasteiger partial charge in [-0.1, -0.05) is 0 Å². The van der Waals surface area contributed by atoms with Crippen LogP contribution in [0.1, 0.15) is 12.8 Å². The predicted molar refractivity (Wildman–Crippen MR) is 104 cm³/mol. The van der Waals surface area contributed by atoms with E-state index in [-0.39, 0.29) is 17.5 Å². The Bertz CT molecular complexity index is 728. The van der Waals surface area contributed by atoms with Crippen LogP contribution in [-0.2, 0) is 9.47 Å². The minimum absolute atomic E-state index is 0.0252. The van der Waals surface area contributed by atoms with Gasteiger partial charge >= 0.3 is 6.03 Å². The Morgan fingerprint density at radius 3 is 2.44 bits per heavy atom. The van der Waals surface area contributed by atoms with Crippen LogP contribution in [0.3, 0.4) is 0 Å². The van der Waals surface area contributed by atoms with E-state index in [9.17, 15) is 15.0 Å². The molecule has 0 aliphatic heterocycles. The minimum Gasteiger partial charge on any atom is -0.508 e. The number of phenolic OH excluding ortho intramolecular Hbond substituents is 2. The number of phenols is 2. The Balaban J connectivity index is 2.02. The molecule has 1 aromatic heterocycles. The van der Waals surface area contributed by atoms with Gasteiger partial charge < -0.3 is 24.6 Å². The molecule has 0 bridgehead atoms. The topological polar surface area (TPSA) is 104 Å². The number of urea groups is 1. The number of amides is 2. The van der Waals surface area contributed by atoms with Crippen molar-refractivity contribution in [3.8, 4) is 22.8 Å². The second kappa shape index (κ2) is 10.7. The second-order valence-electron chi connectivity index (χ2n) is 5.85. The molecule has 0 unspecified atom stereocenters. The molecule has 0 saturated heterocycles. The molecule has 1 aromatic carbocycles. The first-order valence-corrected chi connectivity index (χ1v) is 9.44. The van der Waals surface area contributed by atoms with E-state index in [1.807, 2.05) is 0 Å². The minimum atomic E-state index is -0.238. The van der Waals surface area contributed by atoms with E-state index in [4.69, 9.17) is 9.47 Å². The lowest BCUT2D eigenvalue weighted by atomic mass is 10.1. The number of rotatable bonds is 10. The number of nitrogens with one attached hydrogen (secondary N) is 1. The monoisotopic (exact) mass is 395 g/mol. The molecule has 2 aromatic rings. The predicted octanol–water partition coefficient (Wildman–Crippen LogP) is 3.13. The van der Waals surface area contributed by atoms with Gasteiger partial charge in [-0.3, -0.25) is 5.32 Å². The molecule has 0 aliphatic rings. The van der Waals surface area contributed by atoms with Gasteiger partial charge in [-0.25, -0.2) is 9.78 Å². The number of nitrogens with zero attached hydrogens (tertiary/aromatic N) is 2. The van der Waals surface area contributed by atoms with Crippen molar-refractivity contribution < 1.29 is 24.5 Å². The second-order valence-corrected chi connectivity index (χ2v) is 6.71. The quantitative estimate of drug-likeness (QED) is 0.534. The number of carbonyl (C=O) groups excluding carboxylic acids is 1. The van der Waals surface area contributed by atoms with Gasteiger partial charge in [-0.15, -0.1) is 11.3 Å². The highest BCUT2D eigenvalue weighted by molar-refractivity contribution is 7.14. The van der Waals surface area contributed by atoms with E-state index in [2.05, 4.69) is 10.3 Å². The zero-order valence-electron chi connectivity index (χ0n) is 15.5. The van der Waals surface area contributed by atoms with Crippen molar-refractivity contribution in [2.75, 3.05) is 45.8 Å². The summed E-state index contributed by atoms with van der Waals surface area (Å²) in [5.41, 5.74) is 1.01. The van der Waals surface area contributed by atoms with Gasteiger partial charge in [0.1, 0.15) is 11.5 Å². The Kier molecular flexibility index (Phi) is 8.31. The van der Waals surface area contributed by atoms with Crippen LogP contribution in [0.2, 0.25) is 0 Å².